The first-order valence-electron chi connectivity index (χ1n) is 7.84. The molecule has 0 aliphatic heterocycles. The summed E-state index contributed by atoms with van der Waals surface area (Å²) in [6, 6.07) is 2.65. The van der Waals surface area contributed by atoms with Gasteiger partial charge in [0.2, 0.25) is 12.3 Å². The van der Waals surface area contributed by atoms with Crippen molar-refractivity contribution in [2.75, 3.05) is 5.32 Å². The smallest absolute Gasteiger partial charge is 0.248 e. The third-order valence-electron chi connectivity index (χ3n) is 3.94. The number of rotatable bonds is 8. The molecule has 0 radical (unpaired) electrons. The SMILES string of the molecule is Cc1sc(NC(=O)C(CC=O)NC=O)c(C(=O)c2ccc(Cl)cc2F)c1C. The molecule has 1 aromatic carbocycles. The highest BCUT2D eigenvalue weighted by molar-refractivity contribution is 7.16. The molecule has 0 aliphatic carbocycles. The molecule has 142 valence electrons. The summed E-state index contributed by atoms with van der Waals surface area (Å²) >= 11 is 6.88. The highest BCUT2D eigenvalue weighted by atomic mass is 35.5. The first-order chi connectivity index (χ1) is 12.8. The van der Waals surface area contributed by atoms with Crippen LogP contribution in [0.4, 0.5) is 9.39 Å². The van der Waals surface area contributed by atoms with Crippen molar-refractivity contribution in [1.29, 1.82) is 0 Å². The molecule has 9 heteroatoms. The first-order valence-corrected chi connectivity index (χ1v) is 9.03. The number of carbonyl (C=O) groups is 4. The van der Waals surface area contributed by atoms with Gasteiger partial charge in [0.15, 0.2) is 5.78 Å². The standard InChI is InChI=1S/C18H16ClFN2O4S/c1-9-10(2)27-18(22-17(26)14(5-6-23)21-8-24)15(9)16(25)12-4-3-11(19)7-13(12)20/h3-4,6-8,14H,5H2,1-2H3,(H,21,24)(H,22,26). The van der Waals surface area contributed by atoms with Crippen molar-refractivity contribution in [3.8, 4) is 0 Å². The van der Waals surface area contributed by atoms with E-state index in [9.17, 15) is 23.6 Å². The van der Waals surface area contributed by atoms with Crippen LogP contribution in [0.1, 0.15) is 32.8 Å². The molecule has 2 amide bonds. The molecule has 2 N–H and O–H groups in total. The van der Waals surface area contributed by atoms with Gasteiger partial charge in [-0.25, -0.2) is 4.39 Å². The second-order valence-electron chi connectivity index (χ2n) is 5.67. The number of nitrogens with one attached hydrogen (secondary N) is 2. The lowest BCUT2D eigenvalue weighted by molar-refractivity contribution is -0.122. The largest absolute Gasteiger partial charge is 0.346 e. The fourth-order valence-corrected chi connectivity index (χ4v) is 3.64. The highest BCUT2D eigenvalue weighted by Crippen LogP contribution is 2.35. The summed E-state index contributed by atoms with van der Waals surface area (Å²) in [5, 5.41) is 5.18. The molecule has 2 rings (SSSR count). The lowest BCUT2D eigenvalue weighted by Gasteiger charge is -2.13. The molecular weight excluding hydrogens is 395 g/mol. The number of halogens is 2. The van der Waals surface area contributed by atoms with Crippen LogP contribution >= 0.6 is 22.9 Å². The zero-order valence-electron chi connectivity index (χ0n) is 14.5. The summed E-state index contributed by atoms with van der Waals surface area (Å²) in [4.78, 5) is 47.3. The van der Waals surface area contributed by atoms with E-state index in [1.165, 1.54) is 12.1 Å². The second-order valence-corrected chi connectivity index (χ2v) is 7.33. The number of ketones is 1. The minimum Gasteiger partial charge on any atom is -0.346 e. The maximum absolute atomic E-state index is 14.2. The number of aldehydes is 1. The van der Waals surface area contributed by atoms with E-state index >= 15 is 0 Å². The van der Waals surface area contributed by atoms with E-state index in [4.69, 9.17) is 11.6 Å². The second kappa shape index (κ2) is 8.88. The monoisotopic (exact) mass is 410 g/mol. The maximum atomic E-state index is 14.2. The third kappa shape index (κ3) is 4.58. The van der Waals surface area contributed by atoms with Crippen LogP contribution in [0.2, 0.25) is 5.02 Å². The molecule has 0 bridgehead atoms. The summed E-state index contributed by atoms with van der Waals surface area (Å²) in [5.41, 5.74) is 0.583. The van der Waals surface area contributed by atoms with Crippen molar-refractivity contribution in [2.45, 2.75) is 26.3 Å². The molecule has 1 heterocycles. The Bertz CT molecular complexity index is 903. The van der Waals surface area contributed by atoms with E-state index in [-0.39, 0.29) is 27.6 Å². The summed E-state index contributed by atoms with van der Waals surface area (Å²) < 4.78 is 14.2. The Labute approximate surface area is 163 Å². The van der Waals surface area contributed by atoms with Crippen molar-refractivity contribution in [1.82, 2.24) is 5.32 Å². The van der Waals surface area contributed by atoms with Crippen LogP contribution < -0.4 is 10.6 Å². The minimum atomic E-state index is -1.07. The van der Waals surface area contributed by atoms with Crippen molar-refractivity contribution in [2.24, 2.45) is 0 Å². The van der Waals surface area contributed by atoms with Crippen LogP contribution in [-0.4, -0.2) is 30.4 Å². The lowest BCUT2D eigenvalue weighted by atomic mass is 10.0. The number of hydrogen-bond acceptors (Lipinski definition) is 5. The average molecular weight is 411 g/mol. The number of benzene rings is 1. The Morgan fingerprint density at radius 3 is 2.59 bits per heavy atom. The number of thiophene rings is 1. The number of carbonyl (C=O) groups excluding carboxylic acids is 4. The zero-order valence-corrected chi connectivity index (χ0v) is 16.0. The number of amides is 2. The highest BCUT2D eigenvalue weighted by Gasteiger charge is 2.26. The van der Waals surface area contributed by atoms with Gasteiger partial charge in [0.25, 0.3) is 0 Å². The van der Waals surface area contributed by atoms with Crippen LogP contribution in [0.15, 0.2) is 18.2 Å². The quantitative estimate of drug-likeness (QED) is 0.516. The third-order valence-corrected chi connectivity index (χ3v) is 5.30. The minimum absolute atomic E-state index is 0.156. The predicted molar refractivity (Wildman–Crippen MR) is 101 cm³/mol. The van der Waals surface area contributed by atoms with E-state index in [1.54, 1.807) is 13.8 Å². The van der Waals surface area contributed by atoms with Gasteiger partial charge in [-0.05, 0) is 37.6 Å². The van der Waals surface area contributed by atoms with Gasteiger partial charge in [-0.1, -0.05) is 11.6 Å². The molecule has 1 unspecified atom stereocenters. The molecule has 0 saturated carbocycles. The summed E-state index contributed by atoms with van der Waals surface area (Å²) in [5.74, 6) is -2.02. The molecule has 6 nitrogen and oxygen atoms in total. The average Bonchev–Trinajstić information content (AvgIpc) is 2.88. The van der Waals surface area contributed by atoms with Crippen molar-refractivity contribution in [3.05, 3.63) is 50.6 Å². The Morgan fingerprint density at radius 2 is 2.00 bits per heavy atom. The predicted octanol–water partition coefficient (Wildman–Crippen LogP) is 3.03. The van der Waals surface area contributed by atoms with Gasteiger partial charge in [-0.15, -0.1) is 11.3 Å². The van der Waals surface area contributed by atoms with E-state index in [2.05, 4.69) is 10.6 Å². The molecule has 2 aromatic rings. The summed E-state index contributed by atoms with van der Waals surface area (Å²) in [7, 11) is 0. The molecule has 0 saturated heterocycles. The number of aryl methyl sites for hydroxylation is 1. The van der Waals surface area contributed by atoms with Crippen LogP contribution in [0.5, 0.6) is 0 Å². The zero-order chi connectivity index (χ0) is 20.1. The lowest BCUT2D eigenvalue weighted by Crippen LogP contribution is -2.40. The van der Waals surface area contributed by atoms with Crippen LogP contribution in [-0.2, 0) is 14.4 Å². The fourth-order valence-electron chi connectivity index (χ4n) is 2.42. The van der Waals surface area contributed by atoms with E-state index in [0.717, 1.165) is 22.3 Å². The van der Waals surface area contributed by atoms with Gasteiger partial charge in [0.05, 0.1) is 11.1 Å². The van der Waals surface area contributed by atoms with Crippen LogP contribution in [0, 0.1) is 19.7 Å². The Hall–Kier alpha value is -2.58. The molecule has 0 spiro atoms. The van der Waals surface area contributed by atoms with Crippen molar-refractivity contribution in [3.63, 3.8) is 0 Å². The van der Waals surface area contributed by atoms with Crippen LogP contribution in [0.25, 0.3) is 0 Å². The van der Waals surface area contributed by atoms with E-state index < -0.39 is 23.5 Å². The molecule has 1 aromatic heterocycles. The van der Waals surface area contributed by atoms with Crippen molar-refractivity contribution >= 4 is 52.3 Å². The van der Waals surface area contributed by atoms with Gasteiger partial charge in [0, 0.05) is 16.3 Å². The van der Waals surface area contributed by atoms with E-state index in [1.807, 2.05) is 0 Å². The van der Waals surface area contributed by atoms with Gasteiger partial charge in [-0.3, -0.25) is 14.4 Å². The Morgan fingerprint density at radius 1 is 1.30 bits per heavy atom. The van der Waals surface area contributed by atoms with Gasteiger partial charge in [-0.2, -0.15) is 0 Å². The maximum Gasteiger partial charge on any atom is 0.248 e. The molecule has 27 heavy (non-hydrogen) atoms. The van der Waals surface area contributed by atoms with Gasteiger partial charge in [0.1, 0.15) is 23.1 Å². The molecule has 0 fully saturated rings. The van der Waals surface area contributed by atoms with Crippen LogP contribution in [0.3, 0.4) is 0 Å². The Balaban J connectivity index is 2.41. The van der Waals surface area contributed by atoms with Crippen molar-refractivity contribution < 1.29 is 23.6 Å². The van der Waals surface area contributed by atoms with E-state index in [0.29, 0.717) is 18.3 Å². The molecular formula is C18H16ClFN2O4S. The summed E-state index contributed by atoms with van der Waals surface area (Å²) in [6.07, 6.45) is 0.595. The molecule has 0 aliphatic rings. The van der Waals surface area contributed by atoms with Gasteiger partial charge >= 0.3 is 0 Å². The Kier molecular flexibility index (Phi) is 6.81. The number of hydrogen-bond donors (Lipinski definition) is 2. The molecule has 1 atom stereocenters. The van der Waals surface area contributed by atoms with Gasteiger partial charge < -0.3 is 15.4 Å². The first kappa shape index (κ1) is 20.7. The summed E-state index contributed by atoms with van der Waals surface area (Å²) in [6.45, 7) is 3.45. The normalized spacial score (nSPS) is 11.6. The topological polar surface area (TPSA) is 92.3 Å². The number of anilines is 1. The fraction of sp³-hybridized carbons (Fsp3) is 0.222.